The van der Waals surface area contributed by atoms with Crippen LogP contribution < -0.4 is 4.74 Å². The van der Waals surface area contributed by atoms with Crippen molar-refractivity contribution in [2.75, 3.05) is 19.7 Å². The van der Waals surface area contributed by atoms with E-state index in [4.69, 9.17) is 4.74 Å². The highest BCUT2D eigenvalue weighted by molar-refractivity contribution is 5.85. The molecule has 1 aromatic carbocycles. The van der Waals surface area contributed by atoms with Gasteiger partial charge in [-0.15, -0.1) is 12.4 Å². The molecule has 124 valence electrons. The molecule has 2 aliphatic rings. The third kappa shape index (κ3) is 4.37. The van der Waals surface area contributed by atoms with Crippen LogP contribution >= 0.6 is 12.4 Å². The quantitative estimate of drug-likeness (QED) is 0.841. The minimum atomic E-state index is -0.0629. The summed E-state index contributed by atoms with van der Waals surface area (Å²) in [5.74, 6) is 1.48. The summed E-state index contributed by atoms with van der Waals surface area (Å²) in [7, 11) is 0. The smallest absolute Gasteiger partial charge is 0.119 e. The number of fused-ring (bicyclic) bond motifs is 1. The van der Waals surface area contributed by atoms with Crippen LogP contribution in [0.25, 0.3) is 0 Å². The molecule has 0 spiro atoms. The maximum atomic E-state index is 10.2. The summed E-state index contributed by atoms with van der Waals surface area (Å²) in [4.78, 5) is 2.60. The third-order valence-corrected chi connectivity index (χ3v) is 5.06. The van der Waals surface area contributed by atoms with Gasteiger partial charge in [0.2, 0.25) is 0 Å². The summed E-state index contributed by atoms with van der Waals surface area (Å²) in [5.41, 5.74) is 0. The molecule has 1 aliphatic heterocycles. The van der Waals surface area contributed by atoms with E-state index in [-0.39, 0.29) is 18.5 Å². The maximum Gasteiger partial charge on any atom is 0.119 e. The van der Waals surface area contributed by atoms with Gasteiger partial charge in [-0.05, 0) is 37.8 Å². The summed E-state index contributed by atoms with van der Waals surface area (Å²) >= 11 is 0. The molecule has 1 aliphatic carbocycles. The fraction of sp³-hybridized carbons (Fsp3) is 0.667. The van der Waals surface area contributed by atoms with Crippen molar-refractivity contribution < 1.29 is 9.84 Å². The summed E-state index contributed by atoms with van der Waals surface area (Å²) in [6.07, 6.45) is 7.04. The molecule has 1 saturated carbocycles. The molecule has 2 fully saturated rings. The lowest BCUT2D eigenvalue weighted by Crippen LogP contribution is -2.52. The average Bonchev–Trinajstić information content (AvgIpc) is 2.55. The van der Waals surface area contributed by atoms with E-state index >= 15 is 0 Å². The van der Waals surface area contributed by atoms with E-state index in [2.05, 4.69) is 4.90 Å². The predicted octanol–water partition coefficient (Wildman–Crippen LogP) is 3.50. The molecular weight excluding hydrogens is 298 g/mol. The second kappa shape index (κ2) is 8.76. The van der Waals surface area contributed by atoms with Crippen LogP contribution in [0.5, 0.6) is 5.75 Å². The monoisotopic (exact) mass is 325 g/mol. The first-order valence-corrected chi connectivity index (χ1v) is 8.44. The Kier molecular flexibility index (Phi) is 7.00. The summed E-state index contributed by atoms with van der Waals surface area (Å²) < 4.78 is 5.78. The zero-order valence-corrected chi connectivity index (χ0v) is 14.0. The van der Waals surface area contributed by atoms with Crippen molar-refractivity contribution in [3.05, 3.63) is 30.3 Å². The zero-order chi connectivity index (χ0) is 14.5. The lowest BCUT2D eigenvalue weighted by molar-refractivity contribution is -0.0369. The molecule has 1 N–H and O–H groups in total. The Bertz CT molecular complexity index is 428. The molecule has 0 radical (unpaired) electrons. The highest BCUT2D eigenvalue weighted by atomic mass is 35.5. The molecule has 22 heavy (non-hydrogen) atoms. The molecule has 1 aromatic rings. The lowest BCUT2D eigenvalue weighted by atomic mass is 9.76. The summed E-state index contributed by atoms with van der Waals surface area (Å²) in [5, 5.41) is 10.2. The van der Waals surface area contributed by atoms with Crippen molar-refractivity contribution in [3.8, 4) is 5.75 Å². The van der Waals surface area contributed by atoms with Gasteiger partial charge in [0, 0.05) is 25.0 Å². The number of hydrogen-bond donors (Lipinski definition) is 1. The van der Waals surface area contributed by atoms with Gasteiger partial charge in [-0.25, -0.2) is 0 Å². The van der Waals surface area contributed by atoms with Gasteiger partial charge in [0.25, 0.3) is 0 Å². The van der Waals surface area contributed by atoms with Crippen molar-refractivity contribution in [2.24, 2.45) is 5.92 Å². The summed E-state index contributed by atoms with van der Waals surface area (Å²) in [6.45, 7) is 2.93. The van der Waals surface area contributed by atoms with Gasteiger partial charge < -0.3 is 9.84 Å². The van der Waals surface area contributed by atoms with Crippen molar-refractivity contribution in [3.63, 3.8) is 0 Å². The van der Waals surface area contributed by atoms with Gasteiger partial charge in [-0.1, -0.05) is 31.0 Å². The number of nitrogens with zero attached hydrogens (tertiary/aromatic N) is 1. The number of rotatable bonds is 5. The van der Waals surface area contributed by atoms with Crippen molar-refractivity contribution in [1.82, 2.24) is 4.90 Å². The molecule has 0 amide bonds. The summed E-state index contributed by atoms with van der Waals surface area (Å²) in [6, 6.07) is 10.7. The van der Waals surface area contributed by atoms with Crippen LogP contribution in [0.3, 0.4) is 0 Å². The number of aliphatic hydroxyl groups is 1. The minimum Gasteiger partial charge on any atom is -0.494 e. The van der Waals surface area contributed by atoms with Crippen molar-refractivity contribution in [2.45, 2.75) is 50.7 Å². The Labute approximate surface area is 140 Å². The second-order valence-corrected chi connectivity index (χ2v) is 6.42. The van der Waals surface area contributed by atoms with Crippen LogP contribution in [0.1, 0.15) is 38.5 Å². The highest BCUT2D eigenvalue weighted by Gasteiger charge is 2.37. The molecule has 1 heterocycles. The molecule has 3 atom stereocenters. The normalized spacial score (nSPS) is 28.5. The van der Waals surface area contributed by atoms with E-state index in [1.807, 2.05) is 30.3 Å². The Balaban J connectivity index is 0.00000176. The molecule has 1 saturated heterocycles. The fourth-order valence-corrected chi connectivity index (χ4v) is 3.97. The number of para-hydroxylation sites is 1. The first-order valence-electron chi connectivity index (χ1n) is 8.44. The zero-order valence-electron chi connectivity index (χ0n) is 13.2. The Morgan fingerprint density at radius 3 is 2.68 bits per heavy atom. The van der Waals surface area contributed by atoms with Crippen LogP contribution in [0.2, 0.25) is 0 Å². The van der Waals surface area contributed by atoms with E-state index in [9.17, 15) is 5.11 Å². The average molecular weight is 326 g/mol. The first-order chi connectivity index (χ1) is 10.3. The first kappa shape index (κ1) is 17.6. The second-order valence-electron chi connectivity index (χ2n) is 6.42. The van der Waals surface area contributed by atoms with E-state index in [0.717, 1.165) is 38.3 Å². The predicted molar refractivity (Wildman–Crippen MR) is 91.7 cm³/mol. The van der Waals surface area contributed by atoms with Gasteiger partial charge in [-0.3, -0.25) is 4.90 Å². The Morgan fingerprint density at radius 1 is 1.09 bits per heavy atom. The Morgan fingerprint density at radius 2 is 1.86 bits per heavy atom. The molecule has 0 bridgehead atoms. The van der Waals surface area contributed by atoms with Crippen LogP contribution in [0.4, 0.5) is 0 Å². The standard InChI is InChI=1S/C18H27NO2.ClH/c20-18-11-13-19(17-10-5-4-9-16(17)18)12-6-14-21-15-7-2-1-3-8-15;/h1-3,7-8,16-18,20H,4-6,9-14H2;1H/t16-,17?,18+;/m1./s1. The Hall–Kier alpha value is -0.770. The van der Waals surface area contributed by atoms with Gasteiger partial charge in [-0.2, -0.15) is 0 Å². The third-order valence-electron chi connectivity index (χ3n) is 5.06. The lowest BCUT2D eigenvalue weighted by Gasteiger charge is -2.46. The number of hydrogen-bond acceptors (Lipinski definition) is 3. The molecular formula is C18H28ClNO2. The number of piperidine rings is 1. The van der Waals surface area contributed by atoms with Gasteiger partial charge in [0.15, 0.2) is 0 Å². The number of ether oxygens (including phenoxy) is 1. The van der Waals surface area contributed by atoms with Gasteiger partial charge in [0.05, 0.1) is 12.7 Å². The molecule has 4 heteroatoms. The van der Waals surface area contributed by atoms with E-state index in [0.29, 0.717) is 12.0 Å². The topological polar surface area (TPSA) is 32.7 Å². The number of benzene rings is 1. The SMILES string of the molecule is Cl.O[C@H]1CCN(CCCOc2ccccc2)C2CCCC[C@H]21. The molecule has 3 rings (SSSR count). The number of aliphatic hydroxyl groups excluding tert-OH is 1. The van der Waals surface area contributed by atoms with Gasteiger partial charge in [0.1, 0.15) is 5.75 Å². The molecule has 0 aromatic heterocycles. The molecule has 3 nitrogen and oxygen atoms in total. The van der Waals surface area contributed by atoms with Crippen molar-refractivity contribution in [1.29, 1.82) is 0 Å². The van der Waals surface area contributed by atoms with Crippen LogP contribution in [-0.4, -0.2) is 41.8 Å². The van der Waals surface area contributed by atoms with Crippen LogP contribution in [-0.2, 0) is 0 Å². The highest BCUT2D eigenvalue weighted by Crippen LogP contribution is 2.35. The van der Waals surface area contributed by atoms with E-state index in [1.165, 1.54) is 25.7 Å². The van der Waals surface area contributed by atoms with E-state index in [1.54, 1.807) is 0 Å². The van der Waals surface area contributed by atoms with Crippen LogP contribution in [0, 0.1) is 5.92 Å². The van der Waals surface area contributed by atoms with E-state index < -0.39 is 0 Å². The van der Waals surface area contributed by atoms with Crippen molar-refractivity contribution >= 4 is 12.4 Å². The van der Waals surface area contributed by atoms with Crippen LogP contribution in [0.15, 0.2) is 30.3 Å². The number of likely N-dealkylation sites (tertiary alicyclic amines) is 1. The number of halogens is 1. The minimum absolute atomic E-state index is 0. The largest absolute Gasteiger partial charge is 0.494 e. The fourth-order valence-electron chi connectivity index (χ4n) is 3.97. The maximum absolute atomic E-state index is 10.2. The van der Waals surface area contributed by atoms with Gasteiger partial charge >= 0.3 is 0 Å². The molecule has 1 unspecified atom stereocenters.